The molecule has 0 radical (unpaired) electrons. The second-order valence-corrected chi connectivity index (χ2v) is 8.73. The number of unbranched alkanes of at least 4 members (excludes halogenated alkanes) is 1. The molecular formula is C29H26N4O3. The van der Waals surface area contributed by atoms with E-state index in [9.17, 15) is 14.7 Å². The predicted octanol–water partition coefficient (Wildman–Crippen LogP) is 5.54. The Labute approximate surface area is 208 Å². The van der Waals surface area contributed by atoms with Crippen LogP contribution in [0, 0.1) is 0 Å². The van der Waals surface area contributed by atoms with Crippen molar-refractivity contribution < 1.29 is 9.90 Å². The van der Waals surface area contributed by atoms with Gasteiger partial charge in [0.1, 0.15) is 22.6 Å². The van der Waals surface area contributed by atoms with Crippen LogP contribution in [0.25, 0.3) is 33.4 Å². The molecule has 0 amide bonds. The topological polar surface area (TPSA) is 101 Å². The summed E-state index contributed by atoms with van der Waals surface area (Å²) in [5.41, 5.74) is 5.14. The van der Waals surface area contributed by atoms with Crippen molar-refractivity contribution in [2.24, 2.45) is 0 Å². The second kappa shape index (κ2) is 10.00. The van der Waals surface area contributed by atoms with E-state index >= 15 is 0 Å². The maximum absolute atomic E-state index is 13.0. The van der Waals surface area contributed by atoms with Crippen molar-refractivity contribution in [1.82, 2.24) is 19.7 Å². The first-order chi connectivity index (χ1) is 17.6. The zero-order chi connectivity index (χ0) is 25.1. The Kier molecular flexibility index (Phi) is 6.45. The van der Waals surface area contributed by atoms with Crippen LogP contribution in [-0.2, 0) is 13.0 Å². The normalized spacial score (nSPS) is 11.1. The van der Waals surface area contributed by atoms with E-state index in [1.165, 1.54) is 0 Å². The quantitative estimate of drug-likeness (QED) is 0.305. The van der Waals surface area contributed by atoms with Gasteiger partial charge < -0.3 is 9.67 Å². The maximum atomic E-state index is 13.0. The fraction of sp³-hybridized carbons (Fsp3) is 0.172. The van der Waals surface area contributed by atoms with Crippen LogP contribution in [0.3, 0.4) is 0 Å². The number of hydrogen-bond acceptors (Lipinski definition) is 4. The van der Waals surface area contributed by atoms with Gasteiger partial charge in [-0.15, -0.1) is 0 Å². The summed E-state index contributed by atoms with van der Waals surface area (Å²) in [6.45, 7) is 2.60. The van der Waals surface area contributed by atoms with Crippen LogP contribution in [-0.4, -0.2) is 30.8 Å². The molecule has 0 atom stereocenters. The number of nitrogens with one attached hydrogen (secondary N) is 1. The molecule has 0 saturated carbocycles. The summed E-state index contributed by atoms with van der Waals surface area (Å²) in [6.07, 6.45) is 2.73. The minimum absolute atomic E-state index is 0.264. The van der Waals surface area contributed by atoms with Gasteiger partial charge in [0.15, 0.2) is 0 Å². The molecule has 180 valence electrons. The molecule has 0 bridgehead atoms. The van der Waals surface area contributed by atoms with E-state index in [4.69, 9.17) is 4.98 Å². The van der Waals surface area contributed by atoms with Crippen molar-refractivity contribution in [1.29, 1.82) is 0 Å². The molecule has 3 aromatic carbocycles. The van der Waals surface area contributed by atoms with Crippen molar-refractivity contribution >= 4 is 17.0 Å². The van der Waals surface area contributed by atoms with Gasteiger partial charge in [0.2, 0.25) is 0 Å². The number of fused-ring (bicyclic) bond motifs is 1. The highest BCUT2D eigenvalue weighted by molar-refractivity contribution is 5.96. The largest absolute Gasteiger partial charge is 0.478 e. The summed E-state index contributed by atoms with van der Waals surface area (Å²) < 4.78 is 1.98. The number of aromatic carboxylic acids is 1. The molecule has 2 heterocycles. The number of rotatable bonds is 8. The lowest BCUT2D eigenvalue weighted by atomic mass is 9.99. The summed E-state index contributed by atoms with van der Waals surface area (Å²) in [4.78, 5) is 29.5. The number of aryl methyl sites for hydroxylation is 1. The minimum Gasteiger partial charge on any atom is -0.478 e. The number of benzene rings is 3. The summed E-state index contributed by atoms with van der Waals surface area (Å²) in [6, 6.07) is 24.5. The number of nitrogens with zero attached hydrogens (tertiary/aromatic N) is 3. The molecule has 0 unspecified atom stereocenters. The number of carbonyl (C=O) groups is 1. The number of aromatic nitrogens is 4. The van der Waals surface area contributed by atoms with E-state index in [-0.39, 0.29) is 11.1 Å². The SMILES string of the molecule is CCCCc1nc2c(-c3ccccc3)n[nH]c(=O)c2n1Cc1ccc(-c2ccccc2C(=O)O)cc1. The van der Waals surface area contributed by atoms with Crippen molar-refractivity contribution in [2.75, 3.05) is 0 Å². The Morgan fingerprint density at radius 2 is 1.67 bits per heavy atom. The highest BCUT2D eigenvalue weighted by Gasteiger charge is 2.19. The molecule has 2 N–H and O–H groups in total. The molecule has 7 nitrogen and oxygen atoms in total. The van der Waals surface area contributed by atoms with Gasteiger partial charge >= 0.3 is 5.97 Å². The van der Waals surface area contributed by atoms with E-state index < -0.39 is 5.97 Å². The predicted molar refractivity (Wildman–Crippen MR) is 140 cm³/mol. The van der Waals surface area contributed by atoms with Gasteiger partial charge in [-0.25, -0.2) is 14.9 Å². The Balaban J connectivity index is 1.57. The summed E-state index contributed by atoms with van der Waals surface area (Å²) >= 11 is 0. The molecule has 0 aliphatic carbocycles. The van der Waals surface area contributed by atoms with Crippen LogP contribution >= 0.6 is 0 Å². The Bertz CT molecular complexity index is 1590. The van der Waals surface area contributed by atoms with Crippen molar-refractivity contribution in [3.63, 3.8) is 0 Å². The first-order valence-electron chi connectivity index (χ1n) is 12.0. The zero-order valence-electron chi connectivity index (χ0n) is 19.9. The standard InChI is InChI=1S/C29H26N4O3/c1-2-3-13-24-30-26-25(21-9-5-4-6-10-21)31-32-28(34)27(26)33(24)18-19-14-16-20(17-15-19)22-11-7-8-12-23(22)29(35)36/h4-12,14-17H,2-3,13,18H2,1H3,(H,32,34)(H,35,36). The number of imidazole rings is 1. The highest BCUT2D eigenvalue weighted by atomic mass is 16.4. The van der Waals surface area contributed by atoms with Crippen LogP contribution in [0.5, 0.6) is 0 Å². The van der Waals surface area contributed by atoms with E-state index in [1.807, 2.05) is 71.3 Å². The summed E-state index contributed by atoms with van der Waals surface area (Å²) in [5.74, 6) is -0.106. The molecule has 5 aromatic rings. The minimum atomic E-state index is -0.956. The van der Waals surface area contributed by atoms with Crippen LogP contribution in [0.4, 0.5) is 0 Å². The summed E-state index contributed by atoms with van der Waals surface area (Å²) in [5, 5.41) is 16.5. The van der Waals surface area contributed by atoms with E-state index in [1.54, 1.807) is 12.1 Å². The zero-order valence-corrected chi connectivity index (χ0v) is 19.9. The number of carboxylic acid groups (broad SMARTS) is 1. The van der Waals surface area contributed by atoms with Gasteiger partial charge in [0.25, 0.3) is 5.56 Å². The highest BCUT2D eigenvalue weighted by Crippen LogP contribution is 2.27. The van der Waals surface area contributed by atoms with Gasteiger partial charge in [-0.2, -0.15) is 5.10 Å². The van der Waals surface area contributed by atoms with E-state index in [0.717, 1.165) is 41.8 Å². The van der Waals surface area contributed by atoms with E-state index in [0.29, 0.717) is 28.8 Å². The van der Waals surface area contributed by atoms with Gasteiger partial charge in [-0.05, 0) is 29.2 Å². The van der Waals surface area contributed by atoms with Crippen molar-refractivity contribution in [2.45, 2.75) is 32.7 Å². The lowest BCUT2D eigenvalue weighted by molar-refractivity contribution is 0.0697. The number of aromatic amines is 1. The van der Waals surface area contributed by atoms with Gasteiger partial charge in [0.05, 0.1) is 5.56 Å². The number of H-pyrrole nitrogens is 1. The molecule has 0 aliphatic rings. The van der Waals surface area contributed by atoms with Crippen LogP contribution in [0.15, 0.2) is 83.7 Å². The van der Waals surface area contributed by atoms with Crippen molar-refractivity contribution in [3.05, 3.63) is 106 Å². The molecule has 36 heavy (non-hydrogen) atoms. The van der Waals surface area contributed by atoms with Crippen LogP contribution < -0.4 is 5.56 Å². The third kappa shape index (κ3) is 4.43. The average Bonchev–Trinajstić information content (AvgIpc) is 3.27. The Morgan fingerprint density at radius 1 is 0.944 bits per heavy atom. The third-order valence-electron chi connectivity index (χ3n) is 6.32. The van der Waals surface area contributed by atoms with Gasteiger partial charge in [-0.3, -0.25) is 4.79 Å². The summed E-state index contributed by atoms with van der Waals surface area (Å²) in [7, 11) is 0. The molecule has 5 rings (SSSR count). The first kappa shape index (κ1) is 23.2. The first-order valence-corrected chi connectivity index (χ1v) is 12.0. The fourth-order valence-electron chi connectivity index (χ4n) is 4.49. The van der Waals surface area contributed by atoms with Crippen LogP contribution in [0.2, 0.25) is 0 Å². The molecule has 7 heteroatoms. The maximum Gasteiger partial charge on any atom is 0.336 e. The van der Waals surface area contributed by atoms with Gasteiger partial charge in [-0.1, -0.05) is 86.1 Å². The molecule has 0 saturated heterocycles. The lowest BCUT2D eigenvalue weighted by Crippen LogP contribution is -2.15. The monoisotopic (exact) mass is 478 g/mol. The fourth-order valence-corrected chi connectivity index (χ4v) is 4.49. The lowest BCUT2D eigenvalue weighted by Gasteiger charge is -2.11. The van der Waals surface area contributed by atoms with Crippen molar-refractivity contribution in [3.8, 4) is 22.4 Å². The Hall–Kier alpha value is -4.52. The average molecular weight is 479 g/mol. The second-order valence-electron chi connectivity index (χ2n) is 8.73. The molecular weight excluding hydrogens is 452 g/mol. The third-order valence-corrected chi connectivity index (χ3v) is 6.32. The smallest absolute Gasteiger partial charge is 0.336 e. The van der Waals surface area contributed by atoms with Gasteiger partial charge in [0, 0.05) is 18.5 Å². The molecule has 0 aliphatic heterocycles. The molecule has 0 spiro atoms. The molecule has 0 fully saturated rings. The molecule has 2 aromatic heterocycles. The number of hydrogen-bond donors (Lipinski definition) is 2. The van der Waals surface area contributed by atoms with Crippen LogP contribution in [0.1, 0.15) is 41.5 Å². The number of carboxylic acids is 1. The van der Waals surface area contributed by atoms with E-state index in [2.05, 4.69) is 17.1 Å². The Morgan fingerprint density at radius 3 is 2.39 bits per heavy atom.